The first-order chi connectivity index (χ1) is 5.29. The van der Waals surface area contributed by atoms with Gasteiger partial charge in [-0.1, -0.05) is 0 Å². The van der Waals surface area contributed by atoms with Crippen LogP contribution in [0.2, 0.25) is 0 Å². The maximum Gasteiger partial charge on any atom is 0.167 e. The van der Waals surface area contributed by atoms with Gasteiger partial charge in [-0.2, -0.15) is 0 Å². The second-order valence-corrected chi connectivity index (χ2v) is 2.35. The number of hydrogen-bond donors (Lipinski definition) is 2. The van der Waals surface area contributed by atoms with Gasteiger partial charge < -0.3 is 11.1 Å². The van der Waals surface area contributed by atoms with E-state index in [9.17, 15) is 0 Å². The van der Waals surface area contributed by atoms with Gasteiger partial charge in [-0.25, -0.2) is 4.98 Å². The van der Waals surface area contributed by atoms with E-state index in [1.54, 1.807) is 6.20 Å². The highest BCUT2D eigenvalue weighted by molar-refractivity contribution is 5.28. The monoisotopic (exact) mass is 153 g/mol. The summed E-state index contributed by atoms with van der Waals surface area (Å²) >= 11 is 0. The molecule has 3 N–H and O–H groups in total. The molecule has 11 heavy (non-hydrogen) atoms. The molecule has 0 aliphatic heterocycles. The number of hydrogen-bond acceptors (Lipinski definition) is 5. The largest absolute Gasteiger partial charge is 0.366 e. The molecule has 1 heterocycles. The van der Waals surface area contributed by atoms with Gasteiger partial charge in [0.05, 0.1) is 6.20 Å². The zero-order valence-corrected chi connectivity index (χ0v) is 6.36. The Morgan fingerprint density at radius 1 is 1.73 bits per heavy atom. The van der Waals surface area contributed by atoms with Crippen molar-refractivity contribution in [2.45, 2.75) is 13.0 Å². The standard InChI is InChI=1S/C6H11N5/c1-5(7)2-9-6-3-8-4-10-11-6/h3-5H,2,7H2,1H3,(H,9,11). The summed E-state index contributed by atoms with van der Waals surface area (Å²) in [4.78, 5) is 3.79. The van der Waals surface area contributed by atoms with Crippen molar-refractivity contribution >= 4 is 5.82 Å². The maximum atomic E-state index is 5.51. The Morgan fingerprint density at radius 2 is 2.55 bits per heavy atom. The first kappa shape index (κ1) is 7.87. The van der Waals surface area contributed by atoms with Crippen molar-refractivity contribution in [2.75, 3.05) is 11.9 Å². The zero-order valence-electron chi connectivity index (χ0n) is 6.36. The van der Waals surface area contributed by atoms with Crippen molar-refractivity contribution in [3.63, 3.8) is 0 Å². The predicted molar refractivity (Wildman–Crippen MR) is 42.0 cm³/mol. The van der Waals surface area contributed by atoms with Crippen molar-refractivity contribution in [1.29, 1.82) is 0 Å². The van der Waals surface area contributed by atoms with Crippen molar-refractivity contribution in [2.24, 2.45) is 5.73 Å². The number of aromatic nitrogens is 3. The smallest absolute Gasteiger partial charge is 0.167 e. The SMILES string of the molecule is CC(N)CNc1cncnn1. The Balaban J connectivity index is 2.39. The number of nitrogens with zero attached hydrogens (tertiary/aromatic N) is 3. The lowest BCUT2D eigenvalue weighted by atomic mass is 10.4. The second kappa shape index (κ2) is 3.82. The quantitative estimate of drug-likeness (QED) is 0.619. The normalized spacial score (nSPS) is 12.5. The van der Waals surface area contributed by atoms with E-state index in [1.165, 1.54) is 6.33 Å². The van der Waals surface area contributed by atoms with Gasteiger partial charge >= 0.3 is 0 Å². The first-order valence-electron chi connectivity index (χ1n) is 3.41. The van der Waals surface area contributed by atoms with Gasteiger partial charge in [0, 0.05) is 12.6 Å². The van der Waals surface area contributed by atoms with E-state index in [-0.39, 0.29) is 6.04 Å². The minimum absolute atomic E-state index is 0.108. The van der Waals surface area contributed by atoms with E-state index >= 15 is 0 Å². The number of rotatable bonds is 3. The molecular formula is C6H11N5. The van der Waals surface area contributed by atoms with Crippen molar-refractivity contribution in [1.82, 2.24) is 15.2 Å². The van der Waals surface area contributed by atoms with Gasteiger partial charge in [-0.05, 0) is 6.92 Å². The molecule has 0 spiro atoms. The van der Waals surface area contributed by atoms with Crippen LogP contribution in [0.25, 0.3) is 0 Å². The van der Waals surface area contributed by atoms with Gasteiger partial charge in [0.25, 0.3) is 0 Å². The minimum Gasteiger partial charge on any atom is -0.366 e. The van der Waals surface area contributed by atoms with Crippen molar-refractivity contribution in [3.05, 3.63) is 12.5 Å². The third kappa shape index (κ3) is 2.90. The van der Waals surface area contributed by atoms with Crippen LogP contribution in [-0.2, 0) is 0 Å². The van der Waals surface area contributed by atoms with E-state index in [0.717, 1.165) is 0 Å². The van der Waals surface area contributed by atoms with Crippen LogP contribution >= 0.6 is 0 Å². The molecule has 0 aliphatic rings. The second-order valence-electron chi connectivity index (χ2n) is 2.35. The highest BCUT2D eigenvalue weighted by Crippen LogP contribution is 1.93. The summed E-state index contributed by atoms with van der Waals surface area (Å²) in [7, 11) is 0. The number of nitrogens with one attached hydrogen (secondary N) is 1. The lowest BCUT2D eigenvalue weighted by molar-refractivity contribution is 0.772. The summed E-state index contributed by atoms with van der Waals surface area (Å²) in [5.74, 6) is 0.657. The van der Waals surface area contributed by atoms with Crippen LogP contribution in [0.3, 0.4) is 0 Å². The first-order valence-corrected chi connectivity index (χ1v) is 3.41. The van der Waals surface area contributed by atoms with E-state index in [4.69, 9.17) is 5.73 Å². The molecule has 0 amide bonds. The Kier molecular flexibility index (Phi) is 2.74. The van der Waals surface area contributed by atoms with Crippen LogP contribution in [0, 0.1) is 0 Å². The molecule has 0 aliphatic carbocycles. The molecule has 1 unspecified atom stereocenters. The highest BCUT2D eigenvalue weighted by Gasteiger charge is 1.94. The fourth-order valence-electron chi connectivity index (χ4n) is 0.594. The third-order valence-corrected chi connectivity index (χ3v) is 1.09. The van der Waals surface area contributed by atoms with Crippen molar-refractivity contribution in [3.8, 4) is 0 Å². The van der Waals surface area contributed by atoms with Crippen LogP contribution in [-0.4, -0.2) is 27.8 Å². The van der Waals surface area contributed by atoms with Gasteiger partial charge in [-0.3, -0.25) is 0 Å². The molecule has 1 rings (SSSR count). The summed E-state index contributed by atoms with van der Waals surface area (Å²) in [5.41, 5.74) is 5.51. The average Bonchev–Trinajstić information content (AvgIpc) is 2.03. The van der Waals surface area contributed by atoms with Crippen LogP contribution in [0.15, 0.2) is 12.5 Å². The summed E-state index contributed by atoms with van der Waals surface area (Å²) in [5, 5.41) is 10.4. The summed E-state index contributed by atoms with van der Waals surface area (Å²) < 4.78 is 0. The summed E-state index contributed by atoms with van der Waals surface area (Å²) in [6.07, 6.45) is 2.99. The minimum atomic E-state index is 0.108. The molecule has 5 heteroatoms. The van der Waals surface area contributed by atoms with Gasteiger partial charge in [-0.15, -0.1) is 10.2 Å². The molecule has 60 valence electrons. The summed E-state index contributed by atoms with van der Waals surface area (Å²) in [6.45, 7) is 2.59. The fraction of sp³-hybridized carbons (Fsp3) is 0.500. The highest BCUT2D eigenvalue weighted by atomic mass is 15.2. The van der Waals surface area contributed by atoms with Crippen LogP contribution in [0.4, 0.5) is 5.82 Å². The zero-order chi connectivity index (χ0) is 8.10. The Hall–Kier alpha value is -1.23. The third-order valence-electron chi connectivity index (χ3n) is 1.09. The lowest BCUT2D eigenvalue weighted by Gasteiger charge is -2.05. The van der Waals surface area contributed by atoms with E-state index in [2.05, 4.69) is 20.5 Å². The molecule has 0 saturated carbocycles. The van der Waals surface area contributed by atoms with Crippen LogP contribution in [0.1, 0.15) is 6.92 Å². The van der Waals surface area contributed by atoms with E-state index in [0.29, 0.717) is 12.4 Å². The van der Waals surface area contributed by atoms with Crippen molar-refractivity contribution < 1.29 is 0 Å². The fourth-order valence-corrected chi connectivity index (χ4v) is 0.594. The Morgan fingerprint density at radius 3 is 3.09 bits per heavy atom. The molecule has 0 aromatic carbocycles. The van der Waals surface area contributed by atoms with Crippen LogP contribution < -0.4 is 11.1 Å². The summed E-state index contributed by atoms with van der Waals surface area (Å²) in [6, 6.07) is 0.108. The average molecular weight is 153 g/mol. The van der Waals surface area contributed by atoms with Crippen LogP contribution in [0.5, 0.6) is 0 Å². The Labute approximate surface area is 65.0 Å². The van der Waals surface area contributed by atoms with E-state index in [1.807, 2.05) is 6.92 Å². The molecule has 0 bridgehead atoms. The molecule has 1 aromatic heterocycles. The molecule has 1 atom stereocenters. The molecular weight excluding hydrogens is 142 g/mol. The molecule has 0 fully saturated rings. The Bertz CT molecular complexity index is 197. The van der Waals surface area contributed by atoms with Gasteiger partial charge in [0.2, 0.25) is 0 Å². The predicted octanol–water partition coefficient (Wildman–Crippen LogP) is -0.369. The number of nitrogens with two attached hydrogens (primary N) is 1. The number of anilines is 1. The maximum absolute atomic E-state index is 5.51. The molecule has 5 nitrogen and oxygen atoms in total. The molecule has 0 saturated heterocycles. The van der Waals surface area contributed by atoms with E-state index < -0.39 is 0 Å². The lowest BCUT2D eigenvalue weighted by Crippen LogP contribution is -2.25. The topological polar surface area (TPSA) is 76.7 Å². The molecule has 0 radical (unpaired) electrons. The van der Waals surface area contributed by atoms with Gasteiger partial charge in [0.15, 0.2) is 5.82 Å². The molecule has 1 aromatic rings. The van der Waals surface area contributed by atoms with Gasteiger partial charge in [0.1, 0.15) is 6.33 Å².